The molecule has 7 rings (SSSR count). The number of carbonyl (C=O) groups excluding carboxylic acids is 1. The van der Waals surface area contributed by atoms with Crippen LogP contribution in [-0.2, 0) is 12.1 Å². The summed E-state index contributed by atoms with van der Waals surface area (Å²) in [7, 11) is 0. The van der Waals surface area contributed by atoms with Crippen LogP contribution < -0.4 is 0 Å². The summed E-state index contributed by atoms with van der Waals surface area (Å²) >= 11 is 0. The quantitative estimate of drug-likeness (QED) is 0.580. The molecule has 3 saturated carbocycles. The molecular formula is C25H27F5N6O. The van der Waals surface area contributed by atoms with Crippen LogP contribution in [0.1, 0.15) is 73.3 Å². The van der Waals surface area contributed by atoms with Crippen LogP contribution in [0, 0.1) is 16.7 Å². The van der Waals surface area contributed by atoms with Gasteiger partial charge in [0.25, 0.3) is 5.92 Å². The predicted octanol–water partition coefficient (Wildman–Crippen LogP) is 4.90. The van der Waals surface area contributed by atoms with Crippen molar-refractivity contribution in [2.45, 2.75) is 62.5 Å². The van der Waals surface area contributed by atoms with Gasteiger partial charge in [0, 0.05) is 66.5 Å². The average molecular weight is 523 g/mol. The van der Waals surface area contributed by atoms with Crippen LogP contribution in [-0.4, -0.2) is 62.2 Å². The largest absolute Gasteiger partial charge is 0.433 e. The molecule has 37 heavy (non-hydrogen) atoms. The SMILES string of the molecule is O=C(N1CC2(CC(c3n[nH]c(C4CC4)n3)C2)C1)N1CC2(CC(C(F)(F)c3ccc(C(F)(F)F)nc3)C2)C1. The number of nitrogens with one attached hydrogen (secondary N) is 1. The average Bonchev–Trinajstić information content (AvgIpc) is 3.47. The number of hydrogen-bond acceptors (Lipinski definition) is 4. The molecule has 1 N–H and O–H groups in total. The molecule has 198 valence electrons. The highest BCUT2D eigenvalue weighted by Gasteiger charge is 2.62. The normalized spacial score (nSPS) is 25.0. The summed E-state index contributed by atoms with van der Waals surface area (Å²) in [5, 5.41) is 7.45. The zero-order valence-electron chi connectivity index (χ0n) is 20.1. The summed E-state index contributed by atoms with van der Waals surface area (Å²) in [6, 6.07) is 1.38. The second-order valence-corrected chi connectivity index (χ2v) is 12.1. The number of carbonyl (C=O) groups is 1. The lowest BCUT2D eigenvalue weighted by atomic mass is 9.55. The summed E-state index contributed by atoms with van der Waals surface area (Å²) in [4.78, 5) is 24.3. The zero-order valence-corrected chi connectivity index (χ0v) is 20.1. The van der Waals surface area contributed by atoms with Gasteiger partial charge in [-0.05, 0) is 50.7 Å². The zero-order chi connectivity index (χ0) is 25.8. The summed E-state index contributed by atoms with van der Waals surface area (Å²) in [6.07, 6.45) is 0.782. The number of amides is 2. The number of pyridine rings is 1. The number of likely N-dealkylation sites (tertiary alicyclic amines) is 2. The fourth-order valence-corrected chi connectivity index (χ4v) is 6.93. The molecule has 2 saturated heterocycles. The predicted molar refractivity (Wildman–Crippen MR) is 120 cm³/mol. The van der Waals surface area contributed by atoms with E-state index in [0.29, 0.717) is 50.3 Å². The highest BCUT2D eigenvalue weighted by molar-refractivity contribution is 5.77. The van der Waals surface area contributed by atoms with Crippen molar-refractivity contribution in [1.82, 2.24) is 30.0 Å². The van der Waals surface area contributed by atoms with Crippen LogP contribution in [0.3, 0.4) is 0 Å². The lowest BCUT2D eigenvalue weighted by molar-refractivity contribution is -0.180. The molecule has 0 atom stereocenters. The van der Waals surface area contributed by atoms with E-state index in [1.807, 2.05) is 4.90 Å². The highest BCUT2D eigenvalue weighted by atomic mass is 19.4. The van der Waals surface area contributed by atoms with Gasteiger partial charge < -0.3 is 9.80 Å². The van der Waals surface area contributed by atoms with Gasteiger partial charge >= 0.3 is 12.2 Å². The maximum absolute atomic E-state index is 14.9. The minimum Gasteiger partial charge on any atom is -0.323 e. The van der Waals surface area contributed by atoms with Gasteiger partial charge in [-0.1, -0.05) is 0 Å². The van der Waals surface area contributed by atoms with E-state index in [2.05, 4.69) is 20.2 Å². The number of nitrogens with zero attached hydrogens (tertiary/aromatic N) is 5. The van der Waals surface area contributed by atoms with E-state index in [0.717, 1.165) is 30.6 Å². The van der Waals surface area contributed by atoms with E-state index in [1.165, 1.54) is 12.8 Å². The van der Waals surface area contributed by atoms with E-state index in [1.54, 1.807) is 4.90 Å². The Hall–Kier alpha value is -2.79. The third-order valence-corrected chi connectivity index (χ3v) is 9.16. The van der Waals surface area contributed by atoms with Crippen molar-refractivity contribution in [3.8, 4) is 0 Å². The van der Waals surface area contributed by atoms with Gasteiger partial charge in [-0.2, -0.15) is 18.3 Å². The van der Waals surface area contributed by atoms with Crippen LogP contribution >= 0.6 is 0 Å². The number of halogens is 5. The number of H-pyrrole nitrogens is 1. The van der Waals surface area contributed by atoms with Crippen molar-refractivity contribution < 1.29 is 26.7 Å². The summed E-state index contributed by atoms with van der Waals surface area (Å²) < 4.78 is 67.8. The Morgan fingerprint density at radius 2 is 1.54 bits per heavy atom. The molecule has 3 aliphatic carbocycles. The third kappa shape index (κ3) is 3.72. The number of alkyl halides is 5. The van der Waals surface area contributed by atoms with Crippen LogP contribution in [0.15, 0.2) is 18.3 Å². The molecule has 0 aromatic carbocycles. The van der Waals surface area contributed by atoms with Crippen molar-refractivity contribution in [2.75, 3.05) is 26.2 Å². The number of aromatic nitrogens is 4. The van der Waals surface area contributed by atoms with Crippen molar-refractivity contribution in [2.24, 2.45) is 16.7 Å². The van der Waals surface area contributed by atoms with E-state index >= 15 is 0 Å². The molecule has 0 radical (unpaired) electrons. The van der Waals surface area contributed by atoms with Gasteiger partial charge in [0.15, 0.2) is 5.82 Å². The maximum atomic E-state index is 14.9. The highest BCUT2D eigenvalue weighted by Crippen LogP contribution is 2.60. The molecule has 0 bridgehead atoms. The second kappa shape index (κ2) is 7.41. The van der Waals surface area contributed by atoms with E-state index in [4.69, 9.17) is 0 Å². The van der Waals surface area contributed by atoms with Crippen molar-refractivity contribution >= 4 is 6.03 Å². The molecule has 0 unspecified atom stereocenters. The van der Waals surface area contributed by atoms with Crippen LogP contribution in [0.25, 0.3) is 0 Å². The monoisotopic (exact) mass is 522 g/mol. The fraction of sp³-hybridized carbons (Fsp3) is 0.680. The van der Waals surface area contributed by atoms with Gasteiger partial charge in [-0.15, -0.1) is 0 Å². The van der Waals surface area contributed by atoms with Crippen molar-refractivity contribution in [3.05, 3.63) is 41.2 Å². The second-order valence-electron chi connectivity index (χ2n) is 12.1. The maximum Gasteiger partial charge on any atom is 0.433 e. The van der Waals surface area contributed by atoms with Crippen LogP contribution in [0.2, 0.25) is 0 Å². The minimum atomic E-state index is -4.66. The molecule has 7 nitrogen and oxygen atoms in total. The molecule has 4 heterocycles. The first-order chi connectivity index (χ1) is 17.5. The van der Waals surface area contributed by atoms with Gasteiger partial charge in [-0.3, -0.25) is 10.1 Å². The number of urea groups is 1. The lowest BCUT2D eigenvalue weighted by Crippen LogP contribution is -2.71. The van der Waals surface area contributed by atoms with Gasteiger partial charge in [0.2, 0.25) is 0 Å². The molecule has 2 aromatic rings. The van der Waals surface area contributed by atoms with Crippen molar-refractivity contribution in [3.63, 3.8) is 0 Å². The Kier molecular flexibility index (Phi) is 4.67. The first-order valence-corrected chi connectivity index (χ1v) is 12.8. The number of rotatable bonds is 4. The Balaban J connectivity index is 0.874. The minimum absolute atomic E-state index is 0.0317. The Morgan fingerprint density at radius 3 is 2.08 bits per heavy atom. The number of hydrogen-bond donors (Lipinski definition) is 1. The van der Waals surface area contributed by atoms with Gasteiger partial charge in [0.1, 0.15) is 11.5 Å². The van der Waals surface area contributed by atoms with E-state index in [9.17, 15) is 26.7 Å². The molecule has 2 amide bonds. The first kappa shape index (κ1) is 23.3. The fourth-order valence-electron chi connectivity index (χ4n) is 6.93. The number of aromatic amines is 1. The summed E-state index contributed by atoms with van der Waals surface area (Å²) in [5.74, 6) is -1.42. The van der Waals surface area contributed by atoms with Crippen LogP contribution in [0.4, 0.5) is 26.7 Å². The van der Waals surface area contributed by atoms with E-state index < -0.39 is 29.3 Å². The van der Waals surface area contributed by atoms with Gasteiger partial charge in [0.05, 0.1) is 0 Å². The molecule has 2 spiro atoms. The smallest absolute Gasteiger partial charge is 0.323 e. The summed E-state index contributed by atoms with van der Waals surface area (Å²) in [6.45, 7) is 2.34. The molecule has 5 fully saturated rings. The molecule has 2 aliphatic heterocycles. The molecular weight excluding hydrogens is 495 g/mol. The van der Waals surface area contributed by atoms with Crippen molar-refractivity contribution in [1.29, 1.82) is 0 Å². The van der Waals surface area contributed by atoms with Crippen LogP contribution in [0.5, 0.6) is 0 Å². The Bertz CT molecular complexity index is 1210. The Labute approximate surface area is 209 Å². The topological polar surface area (TPSA) is 78.0 Å². The molecule has 12 heteroatoms. The van der Waals surface area contributed by atoms with E-state index in [-0.39, 0.29) is 29.7 Å². The first-order valence-electron chi connectivity index (χ1n) is 12.8. The van der Waals surface area contributed by atoms with Gasteiger partial charge in [-0.25, -0.2) is 18.6 Å². The lowest BCUT2D eigenvalue weighted by Gasteiger charge is -2.63. The third-order valence-electron chi connectivity index (χ3n) is 9.16. The molecule has 5 aliphatic rings. The molecule has 2 aromatic heterocycles. The standard InChI is InChI=1S/C25H27F5N6O/c26-24(27,16-3-4-18(31-9-16)25(28,29)30)17-7-23(8-17)12-36(13-23)21(37)35-10-22(11-35)5-15(6-22)20-32-19(33-34-20)14-1-2-14/h3-4,9,14-15,17H,1-2,5-8,10-13H2,(H,32,33,34). The Morgan fingerprint density at radius 1 is 0.919 bits per heavy atom. The summed E-state index contributed by atoms with van der Waals surface area (Å²) in [5.41, 5.74) is -1.83.